The number of carbonyl (C=O) groups excluding carboxylic acids is 1. The minimum absolute atomic E-state index is 0.210. The summed E-state index contributed by atoms with van der Waals surface area (Å²) < 4.78 is 1.81. The number of hydrogen-bond acceptors (Lipinski definition) is 4. The number of aryl methyl sites for hydroxylation is 2. The van der Waals surface area contributed by atoms with Crippen molar-refractivity contribution >= 4 is 5.91 Å². The van der Waals surface area contributed by atoms with E-state index < -0.39 is 0 Å². The molecule has 2 aromatic rings. The van der Waals surface area contributed by atoms with Gasteiger partial charge in [0.05, 0.1) is 24.0 Å². The quantitative estimate of drug-likeness (QED) is 0.856. The molecule has 7 nitrogen and oxygen atoms in total. The van der Waals surface area contributed by atoms with E-state index in [2.05, 4.69) is 27.3 Å². The molecule has 0 aliphatic carbocycles. The Morgan fingerprint density at radius 1 is 1.43 bits per heavy atom. The number of rotatable bonds is 5. The highest BCUT2D eigenvalue weighted by atomic mass is 16.1. The molecule has 0 saturated carbocycles. The van der Waals surface area contributed by atoms with E-state index >= 15 is 0 Å². The van der Waals surface area contributed by atoms with Gasteiger partial charge in [0.25, 0.3) is 11.5 Å². The van der Waals surface area contributed by atoms with E-state index in [4.69, 9.17) is 0 Å². The van der Waals surface area contributed by atoms with E-state index in [0.717, 1.165) is 18.7 Å². The first-order valence-corrected chi connectivity index (χ1v) is 6.88. The number of hydrogen-bond donors (Lipinski definition) is 2. The van der Waals surface area contributed by atoms with Gasteiger partial charge in [-0.1, -0.05) is 6.92 Å². The Bertz CT molecular complexity index is 702. The Labute approximate surface area is 122 Å². The van der Waals surface area contributed by atoms with Gasteiger partial charge in [-0.05, 0) is 20.3 Å². The van der Waals surface area contributed by atoms with Crippen LogP contribution in [0.4, 0.5) is 0 Å². The highest BCUT2D eigenvalue weighted by Crippen LogP contribution is 2.08. The number of H-pyrrole nitrogens is 1. The SMILES string of the molecule is CCCn1ncc(C(=O)NCc2cc(=O)[nH]c(C)n2)c1C. The lowest BCUT2D eigenvalue weighted by molar-refractivity contribution is 0.0949. The summed E-state index contributed by atoms with van der Waals surface area (Å²) in [6.07, 6.45) is 2.52. The highest BCUT2D eigenvalue weighted by Gasteiger charge is 2.13. The van der Waals surface area contributed by atoms with Crippen molar-refractivity contribution in [3.8, 4) is 0 Å². The third-order valence-corrected chi connectivity index (χ3v) is 3.13. The van der Waals surface area contributed by atoms with Crippen molar-refractivity contribution in [1.29, 1.82) is 0 Å². The van der Waals surface area contributed by atoms with Crippen molar-refractivity contribution in [2.45, 2.75) is 40.3 Å². The van der Waals surface area contributed by atoms with Gasteiger partial charge in [-0.2, -0.15) is 5.10 Å². The van der Waals surface area contributed by atoms with Crippen molar-refractivity contribution in [1.82, 2.24) is 25.1 Å². The summed E-state index contributed by atoms with van der Waals surface area (Å²) in [5.41, 5.74) is 1.69. The zero-order chi connectivity index (χ0) is 15.4. The molecular weight excluding hydrogens is 270 g/mol. The van der Waals surface area contributed by atoms with Gasteiger partial charge in [0.15, 0.2) is 0 Å². The monoisotopic (exact) mass is 289 g/mol. The lowest BCUT2D eigenvalue weighted by Crippen LogP contribution is -2.25. The van der Waals surface area contributed by atoms with Gasteiger partial charge in [-0.3, -0.25) is 14.3 Å². The maximum Gasteiger partial charge on any atom is 0.255 e. The molecule has 0 fully saturated rings. The topological polar surface area (TPSA) is 92.7 Å². The zero-order valence-electron chi connectivity index (χ0n) is 12.4. The average molecular weight is 289 g/mol. The summed E-state index contributed by atoms with van der Waals surface area (Å²) in [5, 5.41) is 6.95. The number of amides is 1. The molecule has 0 aliphatic heterocycles. The van der Waals surface area contributed by atoms with Crippen molar-refractivity contribution in [2.24, 2.45) is 0 Å². The number of nitrogens with one attached hydrogen (secondary N) is 2. The zero-order valence-corrected chi connectivity index (χ0v) is 12.4. The standard InChI is InChI=1S/C14H19N5O2/c1-4-5-19-9(2)12(8-16-19)14(21)15-7-11-6-13(20)18-10(3)17-11/h6,8H,4-5,7H2,1-3H3,(H,15,21)(H,17,18,20). The number of nitrogens with zero attached hydrogens (tertiary/aromatic N) is 3. The lowest BCUT2D eigenvalue weighted by Gasteiger charge is -2.06. The second-order valence-corrected chi connectivity index (χ2v) is 4.87. The first-order valence-electron chi connectivity index (χ1n) is 6.88. The second-order valence-electron chi connectivity index (χ2n) is 4.87. The highest BCUT2D eigenvalue weighted by molar-refractivity contribution is 5.94. The third kappa shape index (κ3) is 3.56. The smallest absolute Gasteiger partial charge is 0.255 e. The Morgan fingerprint density at radius 2 is 2.19 bits per heavy atom. The second kappa shape index (κ2) is 6.34. The number of aromatic nitrogens is 4. The molecular formula is C14H19N5O2. The molecule has 2 rings (SSSR count). The molecule has 1 amide bonds. The Balaban J connectivity index is 2.06. The van der Waals surface area contributed by atoms with Gasteiger partial charge >= 0.3 is 0 Å². The molecule has 0 radical (unpaired) electrons. The van der Waals surface area contributed by atoms with Gasteiger partial charge in [0.1, 0.15) is 5.82 Å². The fraction of sp³-hybridized carbons (Fsp3) is 0.429. The molecule has 2 N–H and O–H groups in total. The Hall–Kier alpha value is -2.44. The summed E-state index contributed by atoms with van der Waals surface area (Å²) >= 11 is 0. The Morgan fingerprint density at radius 3 is 2.86 bits per heavy atom. The minimum atomic E-state index is -0.223. The van der Waals surface area contributed by atoms with Crippen molar-refractivity contribution in [3.05, 3.63) is 45.4 Å². The molecule has 0 bridgehead atoms. The van der Waals surface area contributed by atoms with Gasteiger partial charge in [0.2, 0.25) is 0 Å². The van der Waals surface area contributed by atoms with Gasteiger partial charge in [-0.25, -0.2) is 4.98 Å². The van der Waals surface area contributed by atoms with E-state index in [0.29, 0.717) is 17.1 Å². The lowest BCUT2D eigenvalue weighted by atomic mass is 10.2. The van der Waals surface area contributed by atoms with Crippen LogP contribution in [-0.4, -0.2) is 25.7 Å². The maximum atomic E-state index is 12.1. The van der Waals surface area contributed by atoms with Crippen LogP contribution in [0, 0.1) is 13.8 Å². The van der Waals surface area contributed by atoms with Crippen molar-refractivity contribution in [2.75, 3.05) is 0 Å². The summed E-state index contributed by atoms with van der Waals surface area (Å²) in [4.78, 5) is 30.2. The maximum absolute atomic E-state index is 12.1. The van der Waals surface area contributed by atoms with Crippen molar-refractivity contribution in [3.63, 3.8) is 0 Å². The van der Waals surface area contributed by atoms with E-state index in [-0.39, 0.29) is 18.0 Å². The average Bonchev–Trinajstić information content (AvgIpc) is 2.77. The van der Waals surface area contributed by atoms with Crippen molar-refractivity contribution < 1.29 is 4.79 Å². The molecule has 2 aromatic heterocycles. The van der Waals surface area contributed by atoms with E-state index in [1.807, 2.05) is 11.6 Å². The van der Waals surface area contributed by atoms with Crippen LogP contribution in [0.5, 0.6) is 0 Å². The minimum Gasteiger partial charge on any atom is -0.346 e. The summed E-state index contributed by atoms with van der Waals surface area (Å²) in [6.45, 7) is 6.62. The van der Waals surface area contributed by atoms with Crippen LogP contribution >= 0.6 is 0 Å². The van der Waals surface area contributed by atoms with Crippen LogP contribution in [-0.2, 0) is 13.1 Å². The molecule has 21 heavy (non-hydrogen) atoms. The fourth-order valence-corrected chi connectivity index (χ4v) is 2.10. The van der Waals surface area contributed by atoms with Crippen LogP contribution in [0.1, 0.15) is 40.9 Å². The van der Waals surface area contributed by atoms with Crippen LogP contribution in [0.3, 0.4) is 0 Å². The number of carbonyl (C=O) groups is 1. The largest absolute Gasteiger partial charge is 0.346 e. The molecule has 0 aliphatic rings. The molecule has 0 aromatic carbocycles. The molecule has 0 atom stereocenters. The number of aromatic amines is 1. The van der Waals surface area contributed by atoms with Gasteiger partial charge in [-0.15, -0.1) is 0 Å². The van der Waals surface area contributed by atoms with Crippen LogP contribution in [0.25, 0.3) is 0 Å². The Kier molecular flexibility index (Phi) is 4.52. The van der Waals surface area contributed by atoms with E-state index in [1.165, 1.54) is 6.07 Å². The van der Waals surface area contributed by atoms with Gasteiger partial charge < -0.3 is 10.3 Å². The van der Waals surface area contributed by atoms with Crippen LogP contribution in [0.15, 0.2) is 17.1 Å². The summed E-state index contributed by atoms with van der Waals surface area (Å²) in [7, 11) is 0. The molecule has 2 heterocycles. The van der Waals surface area contributed by atoms with Crippen LogP contribution in [0.2, 0.25) is 0 Å². The first kappa shape index (κ1) is 15.0. The normalized spacial score (nSPS) is 10.6. The predicted octanol–water partition coefficient (Wildman–Crippen LogP) is 0.923. The molecule has 7 heteroatoms. The van der Waals surface area contributed by atoms with E-state index in [9.17, 15) is 9.59 Å². The first-order chi connectivity index (χ1) is 10.0. The predicted molar refractivity (Wildman–Crippen MR) is 78.0 cm³/mol. The molecule has 0 unspecified atom stereocenters. The molecule has 0 spiro atoms. The molecule has 112 valence electrons. The summed E-state index contributed by atoms with van der Waals surface area (Å²) in [6, 6.07) is 1.38. The fourth-order valence-electron chi connectivity index (χ4n) is 2.10. The third-order valence-electron chi connectivity index (χ3n) is 3.13. The summed E-state index contributed by atoms with van der Waals surface area (Å²) in [5.74, 6) is 0.313. The van der Waals surface area contributed by atoms with E-state index in [1.54, 1.807) is 13.1 Å². The van der Waals surface area contributed by atoms with Crippen LogP contribution < -0.4 is 10.9 Å². The molecule has 0 saturated heterocycles. The van der Waals surface area contributed by atoms with Gasteiger partial charge in [0, 0.05) is 18.3 Å².